The fourth-order valence-electron chi connectivity index (χ4n) is 2.11. The molecule has 0 aliphatic heterocycles. The molecule has 0 aliphatic carbocycles. The lowest BCUT2D eigenvalue weighted by atomic mass is 10.0. The predicted molar refractivity (Wildman–Crippen MR) is 69.3 cm³/mol. The van der Waals surface area contributed by atoms with Crippen molar-refractivity contribution < 1.29 is 8.78 Å². The van der Waals surface area contributed by atoms with Gasteiger partial charge in [0.05, 0.1) is 10.9 Å². The Kier molecular flexibility index (Phi) is 3.36. The van der Waals surface area contributed by atoms with Crippen molar-refractivity contribution in [2.75, 3.05) is 0 Å². The Hall–Kier alpha value is -1.82. The van der Waals surface area contributed by atoms with Crippen LogP contribution >= 0.6 is 0 Å². The first-order chi connectivity index (χ1) is 8.82. The van der Waals surface area contributed by atoms with Gasteiger partial charge >= 0.3 is 0 Å². The summed E-state index contributed by atoms with van der Waals surface area (Å²) >= 11 is 0. The third-order valence-corrected chi connectivity index (χ3v) is 3.07. The van der Waals surface area contributed by atoms with Crippen LogP contribution in [0.3, 0.4) is 0 Å². The third kappa shape index (κ3) is 2.23. The Balaban J connectivity index is 2.97. The van der Waals surface area contributed by atoms with Gasteiger partial charge in [-0.3, -0.25) is 9.36 Å². The maximum atomic E-state index is 12.9. The molecule has 6 heteroatoms. The zero-order chi connectivity index (χ0) is 14.3. The zero-order valence-electron chi connectivity index (χ0n) is 10.9. The quantitative estimate of drug-likeness (QED) is 0.907. The first kappa shape index (κ1) is 13.6. The van der Waals surface area contributed by atoms with Gasteiger partial charge in [-0.15, -0.1) is 0 Å². The highest BCUT2D eigenvalue weighted by molar-refractivity contribution is 5.82. The van der Waals surface area contributed by atoms with E-state index in [0.29, 0.717) is 10.9 Å². The molecule has 0 bridgehead atoms. The first-order valence-electron chi connectivity index (χ1n) is 5.87. The SMILES string of the molecule is Cc1cc(C(C)N)c2nc(C(F)F)n(C)c(=O)c2c1. The second kappa shape index (κ2) is 4.70. The van der Waals surface area contributed by atoms with Crippen LogP contribution in [0.15, 0.2) is 16.9 Å². The Bertz CT molecular complexity index is 692. The fourth-order valence-corrected chi connectivity index (χ4v) is 2.11. The standard InChI is InChI=1S/C13H15F2N3O/c1-6-4-8(7(2)16)10-9(5-6)13(19)18(3)12(17-10)11(14)15/h4-5,7,11H,16H2,1-3H3. The molecule has 0 saturated carbocycles. The largest absolute Gasteiger partial charge is 0.324 e. The average Bonchev–Trinajstić information content (AvgIpc) is 2.32. The molecule has 1 heterocycles. The Morgan fingerprint density at radius 1 is 1.37 bits per heavy atom. The minimum atomic E-state index is -2.80. The van der Waals surface area contributed by atoms with Gasteiger partial charge < -0.3 is 5.73 Å². The van der Waals surface area contributed by atoms with Gasteiger partial charge in [0.25, 0.3) is 12.0 Å². The van der Waals surface area contributed by atoms with Crippen molar-refractivity contribution in [1.82, 2.24) is 9.55 Å². The molecule has 0 aliphatic rings. The Morgan fingerprint density at radius 3 is 2.53 bits per heavy atom. The van der Waals surface area contributed by atoms with Crippen LogP contribution in [-0.2, 0) is 7.05 Å². The number of hydrogen-bond donors (Lipinski definition) is 1. The summed E-state index contributed by atoms with van der Waals surface area (Å²) in [6, 6.07) is 3.04. The summed E-state index contributed by atoms with van der Waals surface area (Å²) in [7, 11) is 1.30. The van der Waals surface area contributed by atoms with Gasteiger partial charge in [-0.2, -0.15) is 0 Å². The molecule has 2 N–H and O–H groups in total. The van der Waals surface area contributed by atoms with Gasteiger partial charge in [0.15, 0.2) is 5.82 Å². The minimum Gasteiger partial charge on any atom is -0.324 e. The highest BCUT2D eigenvalue weighted by atomic mass is 19.3. The molecule has 2 rings (SSSR count). The molecule has 1 aromatic carbocycles. The van der Waals surface area contributed by atoms with Gasteiger partial charge in [0.2, 0.25) is 0 Å². The summed E-state index contributed by atoms with van der Waals surface area (Å²) in [5.74, 6) is -0.539. The summed E-state index contributed by atoms with van der Waals surface area (Å²) < 4.78 is 26.7. The average molecular weight is 267 g/mol. The molecule has 1 atom stereocenters. The van der Waals surface area contributed by atoms with E-state index in [1.807, 2.05) is 6.92 Å². The number of aryl methyl sites for hydroxylation is 1. The minimum absolute atomic E-state index is 0.263. The number of halogens is 2. The van der Waals surface area contributed by atoms with Gasteiger partial charge in [0.1, 0.15) is 0 Å². The summed E-state index contributed by atoms with van der Waals surface area (Å²) in [5.41, 5.74) is 7.07. The van der Waals surface area contributed by atoms with Gasteiger partial charge in [-0.25, -0.2) is 13.8 Å². The van der Waals surface area contributed by atoms with E-state index in [-0.39, 0.29) is 11.6 Å². The van der Waals surface area contributed by atoms with Crippen molar-refractivity contribution in [2.45, 2.75) is 26.3 Å². The van der Waals surface area contributed by atoms with Crippen LogP contribution in [0.25, 0.3) is 10.9 Å². The number of aromatic nitrogens is 2. The van der Waals surface area contributed by atoms with Gasteiger partial charge in [-0.05, 0) is 31.0 Å². The summed E-state index contributed by atoms with van der Waals surface area (Å²) in [5, 5.41) is 0.319. The van der Waals surface area contributed by atoms with E-state index < -0.39 is 17.8 Å². The molecular weight excluding hydrogens is 252 g/mol. The number of benzene rings is 1. The van der Waals surface area contributed by atoms with E-state index in [1.54, 1.807) is 19.1 Å². The van der Waals surface area contributed by atoms with Crippen LogP contribution in [-0.4, -0.2) is 9.55 Å². The molecule has 0 spiro atoms. The van der Waals surface area contributed by atoms with Gasteiger partial charge in [0, 0.05) is 13.1 Å². The smallest absolute Gasteiger partial charge is 0.295 e. The molecule has 0 amide bonds. The molecule has 102 valence electrons. The predicted octanol–water partition coefficient (Wildman–Crippen LogP) is 2.20. The Labute approximate surface area is 108 Å². The molecule has 0 saturated heterocycles. The van der Waals surface area contributed by atoms with Crippen LogP contribution in [0.2, 0.25) is 0 Å². The van der Waals surface area contributed by atoms with Crippen molar-refractivity contribution in [3.8, 4) is 0 Å². The van der Waals surface area contributed by atoms with Crippen LogP contribution in [0, 0.1) is 6.92 Å². The van der Waals surface area contributed by atoms with Crippen molar-refractivity contribution in [1.29, 1.82) is 0 Å². The van der Waals surface area contributed by atoms with E-state index >= 15 is 0 Å². The highest BCUT2D eigenvalue weighted by Gasteiger charge is 2.19. The zero-order valence-corrected chi connectivity index (χ0v) is 10.9. The van der Waals surface area contributed by atoms with Crippen LogP contribution < -0.4 is 11.3 Å². The molecule has 2 aromatic rings. The lowest BCUT2D eigenvalue weighted by Gasteiger charge is -2.14. The summed E-state index contributed by atoms with van der Waals surface area (Å²) in [6.45, 7) is 3.56. The first-order valence-corrected chi connectivity index (χ1v) is 5.87. The maximum Gasteiger partial charge on any atom is 0.295 e. The van der Waals surface area contributed by atoms with E-state index in [2.05, 4.69) is 4.98 Å². The monoisotopic (exact) mass is 267 g/mol. The number of hydrogen-bond acceptors (Lipinski definition) is 3. The number of nitrogens with zero attached hydrogens (tertiary/aromatic N) is 2. The highest BCUT2D eigenvalue weighted by Crippen LogP contribution is 2.24. The van der Waals surface area contributed by atoms with E-state index in [1.165, 1.54) is 7.05 Å². The van der Waals surface area contributed by atoms with Crippen LogP contribution in [0.4, 0.5) is 8.78 Å². The van der Waals surface area contributed by atoms with Crippen LogP contribution in [0.1, 0.15) is 36.3 Å². The lowest BCUT2D eigenvalue weighted by Crippen LogP contribution is -2.24. The molecule has 4 nitrogen and oxygen atoms in total. The number of rotatable bonds is 2. The van der Waals surface area contributed by atoms with Crippen LogP contribution in [0.5, 0.6) is 0 Å². The second-order valence-corrected chi connectivity index (χ2v) is 4.67. The topological polar surface area (TPSA) is 60.9 Å². The van der Waals surface area contributed by atoms with Crippen molar-refractivity contribution in [3.63, 3.8) is 0 Å². The number of fused-ring (bicyclic) bond motifs is 1. The van der Waals surface area contributed by atoms with Crippen molar-refractivity contribution >= 4 is 10.9 Å². The van der Waals surface area contributed by atoms with Gasteiger partial charge in [-0.1, -0.05) is 6.07 Å². The number of alkyl halides is 2. The summed E-state index contributed by atoms with van der Waals surface area (Å²) in [4.78, 5) is 16.1. The molecule has 1 unspecified atom stereocenters. The number of nitrogens with two attached hydrogens (primary N) is 1. The fraction of sp³-hybridized carbons (Fsp3) is 0.385. The van der Waals surface area contributed by atoms with E-state index in [4.69, 9.17) is 5.73 Å². The molecule has 0 fully saturated rings. The normalized spacial score (nSPS) is 13.2. The molecule has 1 aromatic heterocycles. The van der Waals surface area contributed by atoms with Crippen molar-refractivity contribution in [3.05, 3.63) is 39.4 Å². The van der Waals surface area contributed by atoms with E-state index in [0.717, 1.165) is 10.1 Å². The van der Waals surface area contributed by atoms with E-state index in [9.17, 15) is 13.6 Å². The lowest BCUT2D eigenvalue weighted by molar-refractivity contribution is 0.135. The third-order valence-electron chi connectivity index (χ3n) is 3.07. The molecule has 19 heavy (non-hydrogen) atoms. The Morgan fingerprint density at radius 2 is 2.00 bits per heavy atom. The summed E-state index contributed by atoms with van der Waals surface area (Å²) in [6.07, 6.45) is -2.80. The molecule has 0 radical (unpaired) electrons. The second-order valence-electron chi connectivity index (χ2n) is 4.67. The maximum absolute atomic E-state index is 12.9. The molecular formula is C13H15F2N3O. The van der Waals surface area contributed by atoms with Crippen molar-refractivity contribution in [2.24, 2.45) is 12.8 Å².